The quantitative estimate of drug-likeness (QED) is 0.438. The number of nitrogens with one attached hydrogen (secondary N) is 1. The molecule has 3 heterocycles. The summed E-state index contributed by atoms with van der Waals surface area (Å²) in [5.74, 6) is 2.00. The van der Waals surface area contributed by atoms with Gasteiger partial charge >= 0.3 is 0 Å². The topological polar surface area (TPSA) is 67.8 Å². The van der Waals surface area contributed by atoms with Gasteiger partial charge < -0.3 is 15.1 Å². The van der Waals surface area contributed by atoms with E-state index >= 15 is 0 Å². The summed E-state index contributed by atoms with van der Waals surface area (Å²) < 4.78 is 0. The summed E-state index contributed by atoms with van der Waals surface area (Å²) in [6, 6.07) is 18.5. The van der Waals surface area contributed by atoms with Crippen LogP contribution in [0.1, 0.15) is 35.4 Å². The van der Waals surface area contributed by atoms with Gasteiger partial charge in [-0.05, 0) is 64.2 Å². The number of carbonyl (C=O) groups excluding carboxylic acids is 1. The second-order valence-electron chi connectivity index (χ2n) is 10.8. The molecule has 202 valence electrons. The van der Waals surface area contributed by atoms with Crippen LogP contribution in [0.25, 0.3) is 10.9 Å². The molecule has 38 heavy (non-hydrogen) atoms. The number of nitrogens with zero attached hydrogens (tertiary/aromatic N) is 6. The zero-order valence-electron chi connectivity index (χ0n) is 22.9. The molecule has 0 bridgehead atoms. The average molecular weight is 516 g/mol. The molecule has 2 fully saturated rings. The van der Waals surface area contributed by atoms with Crippen molar-refractivity contribution in [3.8, 4) is 0 Å². The molecule has 2 aliphatic heterocycles. The number of aromatic nitrogens is 2. The number of hydrogen-bond donors (Lipinski definition) is 1. The van der Waals surface area contributed by atoms with Crippen molar-refractivity contribution in [1.29, 1.82) is 0 Å². The first kappa shape index (κ1) is 26.5. The summed E-state index contributed by atoms with van der Waals surface area (Å²) in [5, 5.41) is 4.65. The molecule has 8 heteroatoms. The van der Waals surface area contributed by atoms with Gasteiger partial charge in [0.25, 0.3) is 5.91 Å². The number of piperazine rings is 1. The Hall–Kier alpha value is -3.07. The molecule has 3 aromatic rings. The Balaban J connectivity index is 1.12. The van der Waals surface area contributed by atoms with Crippen LogP contribution in [0.4, 0.5) is 5.82 Å². The number of amides is 1. The molecule has 0 radical (unpaired) electrons. The van der Waals surface area contributed by atoms with Crippen LogP contribution in [0.3, 0.4) is 0 Å². The highest BCUT2D eigenvalue weighted by Gasteiger charge is 2.29. The predicted octanol–water partition coefficient (Wildman–Crippen LogP) is 3.42. The van der Waals surface area contributed by atoms with Crippen LogP contribution in [0, 0.1) is 0 Å². The van der Waals surface area contributed by atoms with Crippen LogP contribution in [0.2, 0.25) is 0 Å². The van der Waals surface area contributed by atoms with E-state index in [1.807, 2.05) is 41.3 Å². The van der Waals surface area contributed by atoms with Gasteiger partial charge in [0.05, 0.1) is 12.1 Å². The van der Waals surface area contributed by atoms with Crippen LogP contribution < -0.4 is 5.32 Å². The number of likely N-dealkylation sites (tertiary alicyclic amines) is 1. The van der Waals surface area contributed by atoms with E-state index in [-0.39, 0.29) is 5.91 Å². The zero-order chi connectivity index (χ0) is 26.3. The van der Waals surface area contributed by atoms with E-state index in [0.29, 0.717) is 6.04 Å². The van der Waals surface area contributed by atoms with Crippen LogP contribution in [-0.4, -0.2) is 108 Å². The minimum atomic E-state index is 0.163. The third-order valence-corrected chi connectivity index (χ3v) is 7.78. The van der Waals surface area contributed by atoms with Gasteiger partial charge in [-0.3, -0.25) is 14.6 Å². The van der Waals surface area contributed by atoms with Crippen LogP contribution in [0.15, 0.2) is 54.6 Å². The Labute approximate surface area is 226 Å². The molecule has 2 aliphatic rings. The molecule has 1 amide bonds. The highest BCUT2D eigenvalue weighted by atomic mass is 16.2. The van der Waals surface area contributed by atoms with Gasteiger partial charge in [-0.25, -0.2) is 9.97 Å². The van der Waals surface area contributed by atoms with Gasteiger partial charge in [0.15, 0.2) is 0 Å². The van der Waals surface area contributed by atoms with Gasteiger partial charge in [0, 0.05) is 62.8 Å². The van der Waals surface area contributed by atoms with Gasteiger partial charge in [0.1, 0.15) is 11.6 Å². The molecule has 2 aromatic carbocycles. The second-order valence-corrected chi connectivity index (χ2v) is 10.8. The largest absolute Gasteiger partial charge is 0.369 e. The molecule has 0 spiro atoms. The molecule has 0 saturated carbocycles. The van der Waals surface area contributed by atoms with Crippen molar-refractivity contribution in [2.45, 2.75) is 31.8 Å². The number of para-hydroxylation sites is 1. The van der Waals surface area contributed by atoms with Crippen molar-refractivity contribution in [1.82, 2.24) is 29.6 Å². The zero-order valence-corrected chi connectivity index (χ0v) is 22.9. The smallest absolute Gasteiger partial charge is 0.253 e. The van der Waals surface area contributed by atoms with Crippen molar-refractivity contribution >= 4 is 22.6 Å². The minimum Gasteiger partial charge on any atom is -0.369 e. The maximum absolute atomic E-state index is 12.8. The summed E-state index contributed by atoms with van der Waals surface area (Å²) in [6.45, 7) is 8.55. The molecular formula is C30H41N7O. The standard InChI is InChI=1S/C30H41N7O/c1-34(2)16-8-15-31-29-26-11-6-7-12-27(26)32-28(33-29)23-35-19-21-36(22-20-35)25-13-17-37(18-14-25)30(38)24-9-4-3-5-10-24/h3-7,9-12,25H,8,13-23H2,1-2H3,(H,31,32,33). The predicted molar refractivity (Wildman–Crippen MR) is 153 cm³/mol. The molecule has 2 saturated heterocycles. The lowest BCUT2D eigenvalue weighted by Gasteiger charge is -2.42. The fraction of sp³-hybridized carbons (Fsp3) is 0.500. The van der Waals surface area contributed by atoms with Crippen LogP contribution in [-0.2, 0) is 6.54 Å². The monoisotopic (exact) mass is 515 g/mol. The van der Waals surface area contributed by atoms with Crippen molar-refractivity contribution < 1.29 is 4.79 Å². The Morgan fingerprint density at radius 1 is 0.921 bits per heavy atom. The number of rotatable bonds is 9. The Morgan fingerprint density at radius 3 is 2.37 bits per heavy atom. The fourth-order valence-corrected chi connectivity index (χ4v) is 5.62. The first-order valence-corrected chi connectivity index (χ1v) is 14.0. The SMILES string of the molecule is CN(C)CCCNc1nc(CN2CCN(C3CCN(C(=O)c4ccccc4)CC3)CC2)nc2ccccc12. The fourth-order valence-electron chi connectivity index (χ4n) is 5.62. The number of carbonyl (C=O) groups is 1. The Bertz CT molecular complexity index is 1190. The normalized spacial score (nSPS) is 17.8. The van der Waals surface area contributed by atoms with E-state index in [2.05, 4.69) is 52.3 Å². The van der Waals surface area contributed by atoms with Crippen LogP contribution >= 0.6 is 0 Å². The molecule has 1 N–H and O–H groups in total. The number of benzene rings is 2. The van der Waals surface area contributed by atoms with E-state index in [1.165, 1.54) is 0 Å². The summed E-state index contributed by atoms with van der Waals surface area (Å²) in [7, 11) is 4.21. The molecule has 5 rings (SSSR count). The van der Waals surface area contributed by atoms with Gasteiger partial charge in [0.2, 0.25) is 0 Å². The second kappa shape index (κ2) is 12.7. The number of anilines is 1. The summed E-state index contributed by atoms with van der Waals surface area (Å²) in [4.78, 5) is 32.0. The summed E-state index contributed by atoms with van der Waals surface area (Å²) in [6.07, 6.45) is 3.17. The number of fused-ring (bicyclic) bond motifs is 1. The van der Waals surface area contributed by atoms with Crippen molar-refractivity contribution in [2.75, 3.05) is 71.8 Å². The van der Waals surface area contributed by atoms with E-state index in [9.17, 15) is 4.79 Å². The molecule has 1 aromatic heterocycles. The molecule has 0 atom stereocenters. The van der Waals surface area contributed by atoms with Gasteiger partial charge in [-0.1, -0.05) is 30.3 Å². The van der Waals surface area contributed by atoms with Gasteiger partial charge in [-0.15, -0.1) is 0 Å². The average Bonchev–Trinajstić information content (AvgIpc) is 2.96. The van der Waals surface area contributed by atoms with Gasteiger partial charge in [-0.2, -0.15) is 0 Å². The van der Waals surface area contributed by atoms with Crippen molar-refractivity contribution in [3.05, 3.63) is 66.0 Å². The molecule has 0 unspecified atom stereocenters. The third-order valence-electron chi connectivity index (χ3n) is 7.78. The Morgan fingerprint density at radius 2 is 1.63 bits per heavy atom. The summed E-state index contributed by atoms with van der Waals surface area (Å²) >= 11 is 0. The lowest BCUT2D eigenvalue weighted by atomic mass is 10.0. The number of piperidine rings is 1. The van der Waals surface area contributed by atoms with E-state index < -0.39 is 0 Å². The first-order chi connectivity index (χ1) is 18.6. The highest BCUT2D eigenvalue weighted by Crippen LogP contribution is 2.23. The van der Waals surface area contributed by atoms with E-state index in [0.717, 1.165) is 106 Å². The van der Waals surface area contributed by atoms with Crippen molar-refractivity contribution in [3.63, 3.8) is 0 Å². The number of hydrogen-bond acceptors (Lipinski definition) is 7. The molecule has 0 aliphatic carbocycles. The summed E-state index contributed by atoms with van der Waals surface area (Å²) in [5.41, 5.74) is 1.80. The van der Waals surface area contributed by atoms with E-state index in [4.69, 9.17) is 9.97 Å². The Kier molecular flexibility index (Phi) is 8.83. The highest BCUT2D eigenvalue weighted by molar-refractivity contribution is 5.94. The lowest BCUT2D eigenvalue weighted by molar-refractivity contribution is 0.0464. The lowest BCUT2D eigenvalue weighted by Crippen LogP contribution is -2.53. The molecular weight excluding hydrogens is 474 g/mol. The minimum absolute atomic E-state index is 0.163. The third kappa shape index (κ3) is 6.67. The maximum atomic E-state index is 12.8. The maximum Gasteiger partial charge on any atom is 0.253 e. The van der Waals surface area contributed by atoms with E-state index in [1.54, 1.807) is 0 Å². The van der Waals surface area contributed by atoms with Crippen LogP contribution in [0.5, 0.6) is 0 Å². The van der Waals surface area contributed by atoms with Crippen molar-refractivity contribution in [2.24, 2.45) is 0 Å². The molecule has 8 nitrogen and oxygen atoms in total. The first-order valence-electron chi connectivity index (χ1n) is 14.0.